The predicted octanol–water partition coefficient (Wildman–Crippen LogP) is 3.93. The number of rotatable bonds is 6. The van der Waals surface area contributed by atoms with E-state index in [9.17, 15) is 0 Å². The number of anilines is 1. The Hall–Kier alpha value is -2.24. The first-order chi connectivity index (χ1) is 11.3. The molecular formula is C18H20N4S. The molecule has 0 saturated heterocycles. The van der Waals surface area contributed by atoms with Crippen molar-refractivity contribution in [3.05, 3.63) is 66.6 Å². The van der Waals surface area contributed by atoms with Crippen molar-refractivity contribution in [3.63, 3.8) is 0 Å². The molecule has 2 aromatic carbocycles. The van der Waals surface area contributed by atoms with E-state index in [1.54, 1.807) is 11.9 Å². The van der Waals surface area contributed by atoms with E-state index in [0.29, 0.717) is 0 Å². The highest BCUT2D eigenvalue weighted by molar-refractivity contribution is 7.97. The second kappa shape index (κ2) is 7.35. The Morgan fingerprint density at radius 1 is 1.13 bits per heavy atom. The van der Waals surface area contributed by atoms with Crippen LogP contribution in [0.25, 0.3) is 11.3 Å². The Morgan fingerprint density at radius 2 is 1.96 bits per heavy atom. The number of hydrogen-bond donors (Lipinski definition) is 2. The van der Waals surface area contributed by atoms with E-state index in [-0.39, 0.29) is 0 Å². The van der Waals surface area contributed by atoms with Gasteiger partial charge in [-0.3, -0.25) is 4.72 Å². The Bertz CT molecular complexity index is 768. The van der Waals surface area contributed by atoms with E-state index in [1.165, 1.54) is 10.5 Å². The van der Waals surface area contributed by atoms with Crippen LogP contribution in [0.3, 0.4) is 0 Å². The quantitative estimate of drug-likeness (QED) is 0.674. The lowest BCUT2D eigenvalue weighted by atomic mass is 10.1. The van der Waals surface area contributed by atoms with Gasteiger partial charge in [0, 0.05) is 35.9 Å². The molecule has 118 valence electrons. The number of aryl methyl sites for hydroxylation is 1. The molecule has 0 aliphatic rings. The van der Waals surface area contributed by atoms with Crippen molar-refractivity contribution < 1.29 is 0 Å². The summed E-state index contributed by atoms with van der Waals surface area (Å²) in [5.41, 5.74) is 4.43. The number of aromatic nitrogens is 2. The van der Waals surface area contributed by atoms with Crippen molar-refractivity contribution in [2.24, 2.45) is 7.05 Å². The van der Waals surface area contributed by atoms with Crippen molar-refractivity contribution >= 4 is 17.6 Å². The third-order valence-electron chi connectivity index (χ3n) is 3.52. The van der Waals surface area contributed by atoms with E-state index < -0.39 is 0 Å². The molecule has 0 spiro atoms. The van der Waals surface area contributed by atoms with Gasteiger partial charge in [0.15, 0.2) is 0 Å². The van der Waals surface area contributed by atoms with Crippen LogP contribution in [0.4, 0.5) is 5.69 Å². The zero-order valence-electron chi connectivity index (χ0n) is 13.3. The van der Waals surface area contributed by atoms with E-state index in [2.05, 4.69) is 57.5 Å². The second-order valence-corrected chi connectivity index (χ2v) is 6.36. The fourth-order valence-corrected chi connectivity index (χ4v) is 2.96. The molecule has 0 radical (unpaired) electrons. The predicted molar refractivity (Wildman–Crippen MR) is 97.3 cm³/mol. The van der Waals surface area contributed by atoms with Gasteiger partial charge in [0.25, 0.3) is 0 Å². The molecule has 0 amide bonds. The molecule has 0 bridgehead atoms. The maximum Gasteiger partial charge on any atom is 0.0951 e. The highest BCUT2D eigenvalue weighted by Gasteiger charge is 2.09. The molecule has 1 heterocycles. The summed E-state index contributed by atoms with van der Waals surface area (Å²) in [6.07, 6.45) is 3.87. The Labute approximate surface area is 141 Å². The lowest BCUT2D eigenvalue weighted by Crippen LogP contribution is -2.01. The summed E-state index contributed by atoms with van der Waals surface area (Å²) in [6, 6.07) is 16.8. The van der Waals surface area contributed by atoms with Gasteiger partial charge in [-0.2, -0.15) is 0 Å². The van der Waals surface area contributed by atoms with Gasteiger partial charge in [-0.1, -0.05) is 30.3 Å². The SMILES string of the molecule is CNSc1ccc(NCc2ccccc2)c(-c2cn(C)cn2)c1. The van der Waals surface area contributed by atoms with Crippen LogP contribution in [0.2, 0.25) is 0 Å². The van der Waals surface area contributed by atoms with E-state index in [0.717, 1.165) is 23.5 Å². The molecule has 4 nitrogen and oxygen atoms in total. The summed E-state index contributed by atoms with van der Waals surface area (Å²) in [4.78, 5) is 5.66. The first-order valence-corrected chi connectivity index (χ1v) is 8.31. The molecule has 3 aromatic rings. The van der Waals surface area contributed by atoms with E-state index in [1.807, 2.05) is 37.3 Å². The fourth-order valence-electron chi connectivity index (χ4n) is 2.42. The zero-order valence-corrected chi connectivity index (χ0v) is 14.1. The standard InChI is InChI=1S/C18H20N4S/c1-19-23-15-8-9-17(20-11-14-6-4-3-5-7-14)16(10-15)18-12-22(2)13-21-18/h3-10,12-13,19-20H,11H2,1-2H3. The molecule has 2 N–H and O–H groups in total. The molecule has 23 heavy (non-hydrogen) atoms. The summed E-state index contributed by atoms with van der Waals surface area (Å²) in [7, 11) is 3.91. The molecule has 0 unspecified atom stereocenters. The normalized spacial score (nSPS) is 10.7. The van der Waals surface area contributed by atoms with Crippen molar-refractivity contribution in [2.45, 2.75) is 11.4 Å². The maximum absolute atomic E-state index is 4.50. The van der Waals surface area contributed by atoms with Gasteiger partial charge in [0.05, 0.1) is 12.0 Å². The minimum atomic E-state index is 0.791. The van der Waals surface area contributed by atoms with Crippen molar-refractivity contribution in [2.75, 3.05) is 12.4 Å². The number of nitrogens with one attached hydrogen (secondary N) is 2. The Morgan fingerprint density at radius 3 is 2.65 bits per heavy atom. The first kappa shape index (κ1) is 15.6. The van der Waals surface area contributed by atoms with Crippen LogP contribution in [0.15, 0.2) is 66.0 Å². The minimum Gasteiger partial charge on any atom is -0.380 e. The largest absolute Gasteiger partial charge is 0.380 e. The summed E-state index contributed by atoms with van der Waals surface area (Å²) < 4.78 is 5.08. The summed E-state index contributed by atoms with van der Waals surface area (Å²) in [5.74, 6) is 0. The van der Waals surface area contributed by atoms with Gasteiger partial charge in [-0.25, -0.2) is 4.98 Å². The highest BCUT2D eigenvalue weighted by Crippen LogP contribution is 2.31. The van der Waals surface area contributed by atoms with Crippen molar-refractivity contribution in [1.29, 1.82) is 0 Å². The van der Waals surface area contributed by atoms with Crippen molar-refractivity contribution in [1.82, 2.24) is 14.3 Å². The van der Waals surface area contributed by atoms with Gasteiger partial charge in [-0.15, -0.1) is 0 Å². The average Bonchev–Trinajstić information content (AvgIpc) is 3.01. The molecule has 0 aliphatic heterocycles. The molecule has 5 heteroatoms. The van der Waals surface area contributed by atoms with Gasteiger partial charge in [0.2, 0.25) is 0 Å². The fraction of sp³-hybridized carbons (Fsp3) is 0.167. The average molecular weight is 324 g/mol. The number of hydrogen-bond acceptors (Lipinski definition) is 4. The van der Waals surface area contributed by atoms with Gasteiger partial charge in [-0.05, 0) is 42.8 Å². The third kappa shape index (κ3) is 3.94. The van der Waals surface area contributed by atoms with Crippen LogP contribution in [0, 0.1) is 0 Å². The lowest BCUT2D eigenvalue weighted by molar-refractivity contribution is 0.913. The Kier molecular flexibility index (Phi) is 5.00. The molecular weight excluding hydrogens is 304 g/mol. The van der Waals surface area contributed by atoms with E-state index >= 15 is 0 Å². The van der Waals surface area contributed by atoms with Crippen LogP contribution in [0.1, 0.15) is 5.56 Å². The topological polar surface area (TPSA) is 41.9 Å². The number of nitrogens with zero attached hydrogens (tertiary/aromatic N) is 2. The third-order valence-corrected chi connectivity index (χ3v) is 4.21. The molecule has 0 saturated carbocycles. The summed E-state index contributed by atoms with van der Waals surface area (Å²) in [6.45, 7) is 0.791. The van der Waals surface area contributed by atoms with Crippen LogP contribution < -0.4 is 10.0 Å². The summed E-state index contributed by atoms with van der Waals surface area (Å²) in [5, 5.41) is 3.53. The molecule has 0 atom stereocenters. The molecule has 3 rings (SSSR count). The van der Waals surface area contributed by atoms with Crippen LogP contribution in [0.5, 0.6) is 0 Å². The van der Waals surface area contributed by atoms with Gasteiger partial charge >= 0.3 is 0 Å². The highest BCUT2D eigenvalue weighted by atomic mass is 32.2. The second-order valence-electron chi connectivity index (χ2n) is 5.28. The van der Waals surface area contributed by atoms with Gasteiger partial charge in [0.1, 0.15) is 0 Å². The molecule has 0 fully saturated rings. The molecule has 0 aliphatic carbocycles. The molecule has 1 aromatic heterocycles. The lowest BCUT2D eigenvalue weighted by Gasteiger charge is -2.12. The van der Waals surface area contributed by atoms with Crippen LogP contribution >= 0.6 is 11.9 Å². The zero-order chi connectivity index (χ0) is 16.1. The first-order valence-electron chi connectivity index (χ1n) is 7.50. The Balaban J connectivity index is 1.89. The smallest absolute Gasteiger partial charge is 0.0951 e. The number of imidazole rings is 1. The minimum absolute atomic E-state index is 0.791. The summed E-state index contributed by atoms with van der Waals surface area (Å²) >= 11 is 1.60. The van der Waals surface area contributed by atoms with Crippen LogP contribution in [-0.2, 0) is 13.6 Å². The number of benzene rings is 2. The monoisotopic (exact) mass is 324 g/mol. The van der Waals surface area contributed by atoms with Gasteiger partial charge < -0.3 is 9.88 Å². The van der Waals surface area contributed by atoms with Crippen molar-refractivity contribution in [3.8, 4) is 11.3 Å². The maximum atomic E-state index is 4.50. The van der Waals surface area contributed by atoms with Crippen LogP contribution in [-0.4, -0.2) is 16.6 Å². The van der Waals surface area contributed by atoms with E-state index in [4.69, 9.17) is 0 Å².